The molecule has 2 aliphatic rings. The third-order valence-corrected chi connectivity index (χ3v) is 7.14. The van der Waals surface area contributed by atoms with E-state index in [1.54, 1.807) is 29.2 Å². The number of nitrogens with zero attached hydrogens (tertiary/aromatic N) is 2. The maximum absolute atomic E-state index is 13.6. The molecule has 2 aliphatic heterocycles. The van der Waals surface area contributed by atoms with Crippen molar-refractivity contribution in [1.82, 2.24) is 15.1 Å². The van der Waals surface area contributed by atoms with Gasteiger partial charge in [0, 0.05) is 37.5 Å². The van der Waals surface area contributed by atoms with Crippen molar-refractivity contribution in [2.24, 2.45) is 0 Å². The minimum absolute atomic E-state index is 0.0493. The van der Waals surface area contributed by atoms with E-state index in [-0.39, 0.29) is 30.0 Å². The Bertz CT molecular complexity index is 1100. The third-order valence-electron chi connectivity index (χ3n) is 6.81. The zero-order valence-electron chi connectivity index (χ0n) is 19.8. The summed E-state index contributed by atoms with van der Waals surface area (Å²) in [5, 5.41) is 3.32. The minimum atomic E-state index is -1.04. The van der Waals surface area contributed by atoms with E-state index in [1.807, 2.05) is 13.8 Å². The molecule has 186 valence electrons. The molecule has 7 nitrogen and oxygen atoms in total. The number of hydrogen-bond acceptors (Lipinski definition) is 4. The first-order valence-corrected chi connectivity index (χ1v) is 12.2. The molecular weight excluding hydrogens is 473 g/mol. The highest BCUT2D eigenvalue weighted by atomic mass is 35.5. The number of amides is 3. The van der Waals surface area contributed by atoms with E-state index in [0.29, 0.717) is 36.5 Å². The fourth-order valence-corrected chi connectivity index (χ4v) is 4.82. The molecule has 2 saturated heterocycles. The molecule has 4 rings (SSSR count). The lowest BCUT2D eigenvalue weighted by molar-refractivity contribution is -0.128. The monoisotopic (exact) mass is 501 g/mol. The summed E-state index contributed by atoms with van der Waals surface area (Å²) < 4.78 is 19.7. The van der Waals surface area contributed by atoms with Gasteiger partial charge >= 0.3 is 0 Å². The molecule has 0 saturated carbocycles. The van der Waals surface area contributed by atoms with Gasteiger partial charge in [-0.15, -0.1) is 0 Å². The van der Waals surface area contributed by atoms with Crippen LogP contribution in [0.15, 0.2) is 48.5 Å². The number of benzene rings is 2. The standard InChI is InChI=1S/C26H29ClFN3O4/c1-3-17(2)29-23(32)22-16-35-26(31(22)24(33)18-8-10-19(28)11-9-18)12-14-30(15-13-26)25(34)20-6-4-5-7-21(20)27/h4-11,17,22H,3,12-16H2,1-2H3,(H,29,32). The number of likely N-dealkylation sites (tertiary alicyclic amines) is 1. The average molecular weight is 502 g/mol. The van der Waals surface area contributed by atoms with Crippen LogP contribution < -0.4 is 5.32 Å². The van der Waals surface area contributed by atoms with Crippen molar-refractivity contribution < 1.29 is 23.5 Å². The lowest BCUT2D eigenvalue weighted by Crippen LogP contribution is -2.60. The summed E-state index contributed by atoms with van der Waals surface area (Å²) in [7, 11) is 0. The predicted octanol–water partition coefficient (Wildman–Crippen LogP) is 3.87. The summed E-state index contributed by atoms with van der Waals surface area (Å²) >= 11 is 6.21. The molecular formula is C26H29ClFN3O4. The maximum Gasteiger partial charge on any atom is 0.256 e. The normalized spacial score (nSPS) is 20.1. The second kappa shape index (κ2) is 10.3. The highest BCUT2D eigenvalue weighted by molar-refractivity contribution is 6.33. The van der Waals surface area contributed by atoms with Crippen molar-refractivity contribution in [2.75, 3.05) is 19.7 Å². The van der Waals surface area contributed by atoms with Gasteiger partial charge in [0.2, 0.25) is 5.91 Å². The van der Waals surface area contributed by atoms with Crippen LogP contribution in [0, 0.1) is 5.82 Å². The molecule has 2 fully saturated rings. The number of piperidine rings is 1. The van der Waals surface area contributed by atoms with Crippen LogP contribution in [0.3, 0.4) is 0 Å². The van der Waals surface area contributed by atoms with E-state index in [1.165, 1.54) is 29.2 Å². The zero-order valence-corrected chi connectivity index (χ0v) is 20.6. The van der Waals surface area contributed by atoms with E-state index >= 15 is 0 Å². The van der Waals surface area contributed by atoms with Crippen molar-refractivity contribution in [3.8, 4) is 0 Å². The SMILES string of the molecule is CCC(C)NC(=O)C1COC2(CCN(C(=O)c3ccccc3Cl)CC2)N1C(=O)c1ccc(F)cc1. The van der Waals surface area contributed by atoms with Crippen LogP contribution in [-0.2, 0) is 9.53 Å². The van der Waals surface area contributed by atoms with Gasteiger partial charge in [-0.3, -0.25) is 19.3 Å². The quantitative estimate of drug-likeness (QED) is 0.674. The molecule has 0 bridgehead atoms. The van der Waals surface area contributed by atoms with E-state index in [0.717, 1.165) is 6.42 Å². The number of halogens is 2. The Labute approximate surface area is 209 Å². The number of carbonyl (C=O) groups excluding carboxylic acids is 3. The van der Waals surface area contributed by atoms with E-state index in [4.69, 9.17) is 16.3 Å². The van der Waals surface area contributed by atoms with Crippen molar-refractivity contribution in [3.63, 3.8) is 0 Å². The van der Waals surface area contributed by atoms with Gasteiger partial charge in [-0.1, -0.05) is 30.7 Å². The molecule has 3 amide bonds. The smallest absolute Gasteiger partial charge is 0.256 e. The minimum Gasteiger partial charge on any atom is -0.353 e. The summed E-state index contributed by atoms with van der Waals surface area (Å²) in [4.78, 5) is 43.0. The van der Waals surface area contributed by atoms with E-state index < -0.39 is 23.5 Å². The lowest BCUT2D eigenvalue weighted by Gasteiger charge is -2.44. The maximum atomic E-state index is 13.6. The van der Waals surface area contributed by atoms with Gasteiger partial charge in [0.1, 0.15) is 17.6 Å². The number of rotatable bonds is 5. The van der Waals surface area contributed by atoms with Crippen molar-refractivity contribution >= 4 is 29.3 Å². The van der Waals surface area contributed by atoms with E-state index in [9.17, 15) is 18.8 Å². The molecule has 2 atom stereocenters. The molecule has 2 heterocycles. The predicted molar refractivity (Wildman–Crippen MR) is 130 cm³/mol. The van der Waals surface area contributed by atoms with Crippen LogP contribution in [-0.4, -0.2) is 65.0 Å². The summed E-state index contributed by atoms with van der Waals surface area (Å²) in [6, 6.07) is 11.2. The number of nitrogens with one attached hydrogen (secondary N) is 1. The second-order valence-electron chi connectivity index (χ2n) is 9.04. The molecule has 2 aromatic rings. The van der Waals surface area contributed by atoms with Crippen molar-refractivity contribution in [3.05, 3.63) is 70.5 Å². The summed E-state index contributed by atoms with van der Waals surface area (Å²) in [6.45, 7) is 4.57. The van der Waals surface area contributed by atoms with Crippen molar-refractivity contribution in [2.45, 2.75) is 50.9 Å². The molecule has 9 heteroatoms. The molecule has 35 heavy (non-hydrogen) atoms. The fourth-order valence-electron chi connectivity index (χ4n) is 4.60. The van der Waals surface area contributed by atoms with Crippen LogP contribution >= 0.6 is 11.6 Å². The van der Waals surface area contributed by atoms with Crippen LogP contribution in [0.5, 0.6) is 0 Å². The molecule has 1 N–H and O–H groups in total. The van der Waals surface area contributed by atoms with Gasteiger partial charge in [0.25, 0.3) is 11.8 Å². The Morgan fingerprint density at radius 1 is 1.11 bits per heavy atom. The number of ether oxygens (including phenoxy) is 1. The van der Waals surface area contributed by atoms with Gasteiger partial charge in [-0.25, -0.2) is 4.39 Å². The first kappa shape index (κ1) is 25.1. The van der Waals surface area contributed by atoms with Crippen LogP contribution in [0.25, 0.3) is 0 Å². The molecule has 2 unspecified atom stereocenters. The Hall–Kier alpha value is -2.97. The van der Waals surface area contributed by atoms with Crippen LogP contribution in [0.2, 0.25) is 5.02 Å². The fraction of sp³-hybridized carbons (Fsp3) is 0.423. The Morgan fingerprint density at radius 3 is 2.40 bits per heavy atom. The van der Waals surface area contributed by atoms with Crippen LogP contribution in [0.4, 0.5) is 4.39 Å². The second-order valence-corrected chi connectivity index (χ2v) is 9.45. The third kappa shape index (κ3) is 5.04. The first-order valence-electron chi connectivity index (χ1n) is 11.8. The van der Waals surface area contributed by atoms with Gasteiger partial charge in [-0.2, -0.15) is 0 Å². The Kier molecular flexibility index (Phi) is 7.42. The van der Waals surface area contributed by atoms with Crippen LogP contribution in [0.1, 0.15) is 53.8 Å². The molecule has 0 aliphatic carbocycles. The average Bonchev–Trinajstić information content (AvgIpc) is 3.23. The van der Waals surface area contributed by atoms with Gasteiger partial charge < -0.3 is 15.0 Å². The van der Waals surface area contributed by atoms with Crippen molar-refractivity contribution in [1.29, 1.82) is 0 Å². The summed E-state index contributed by atoms with van der Waals surface area (Å²) in [5.74, 6) is -1.34. The highest BCUT2D eigenvalue weighted by Gasteiger charge is 2.54. The Balaban J connectivity index is 1.58. The number of hydrogen-bond donors (Lipinski definition) is 1. The van der Waals surface area contributed by atoms with E-state index in [2.05, 4.69) is 5.32 Å². The molecule has 2 aromatic carbocycles. The zero-order chi connectivity index (χ0) is 25.2. The molecule has 0 aromatic heterocycles. The summed E-state index contributed by atoms with van der Waals surface area (Å²) in [6.07, 6.45) is 1.42. The molecule has 0 radical (unpaired) electrons. The highest BCUT2D eigenvalue weighted by Crippen LogP contribution is 2.39. The topological polar surface area (TPSA) is 79.0 Å². The van der Waals surface area contributed by atoms with Gasteiger partial charge in [0.15, 0.2) is 0 Å². The summed E-state index contributed by atoms with van der Waals surface area (Å²) in [5.41, 5.74) is -0.352. The van der Waals surface area contributed by atoms with Gasteiger partial charge in [-0.05, 0) is 49.7 Å². The number of carbonyl (C=O) groups is 3. The molecule has 1 spiro atoms. The van der Waals surface area contributed by atoms with Gasteiger partial charge in [0.05, 0.1) is 17.2 Å². The Morgan fingerprint density at radius 2 is 1.77 bits per heavy atom. The first-order chi connectivity index (χ1) is 16.8. The largest absolute Gasteiger partial charge is 0.353 e. The lowest BCUT2D eigenvalue weighted by atomic mass is 9.96.